The number of fused-ring (bicyclic) bond motifs is 1. The molecule has 0 spiro atoms. The van der Waals surface area contributed by atoms with Gasteiger partial charge in [0.15, 0.2) is 0 Å². The lowest BCUT2D eigenvalue weighted by molar-refractivity contribution is -0.132. The lowest BCUT2D eigenvalue weighted by atomic mass is 10.2. The zero-order chi connectivity index (χ0) is 17.1. The van der Waals surface area contributed by atoms with Gasteiger partial charge in [0.2, 0.25) is 17.7 Å². The molecule has 7 nitrogen and oxygen atoms in total. The van der Waals surface area contributed by atoms with Crippen LogP contribution in [0.1, 0.15) is 19.3 Å². The van der Waals surface area contributed by atoms with Crippen molar-refractivity contribution in [3.05, 3.63) is 24.3 Å². The average molecular weight is 349 g/mol. The molecular weight excluding hydrogens is 330 g/mol. The lowest BCUT2D eigenvalue weighted by Gasteiger charge is -2.33. The fourth-order valence-electron chi connectivity index (χ4n) is 2.98. The summed E-state index contributed by atoms with van der Waals surface area (Å²) in [5.74, 6) is -0.978. The predicted molar refractivity (Wildman–Crippen MR) is 88.8 cm³/mol. The zero-order valence-corrected chi connectivity index (χ0v) is 13.9. The van der Waals surface area contributed by atoms with Crippen LogP contribution in [-0.4, -0.2) is 52.7 Å². The maximum Gasteiger partial charge on any atom is 0.244 e. The zero-order valence-electron chi connectivity index (χ0n) is 13.1. The number of hydrogen-bond acceptors (Lipinski definition) is 5. The first kappa shape index (κ1) is 16.8. The molecule has 1 aromatic rings. The summed E-state index contributed by atoms with van der Waals surface area (Å²) in [4.78, 5) is 40.8. The maximum absolute atomic E-state index is 12.8. The van der Waals surface area contributed by atoms with Crippen LogP contribution in [0.3, 0.4) is 0 Å². The fraction of sp³-hybridized carbons (Fsp3) is 0.438. The molecule has 2 aliphatic rings. The molecule has 2 heterocycles. The van der Waals surface area contributed by atoms with Gasteiger partial charge in [0.25, 0.3) is 0 Å². The van der Waals surface area contributed by atoms with E-state index in [0.717, 1.165) is 30.8 Å². The number of para-hydroxylation sites is 1. The summed E-state index contributed by atoms with van der Waals surface area (Å²) >= 11 is 1.28. The van der Waals surface area contributed by atoms with Crippen LogP contribution in [0.5, 0.6) is 0 Å². The Kier molecular flexibility index (Phi) is 5.06. The molecule has 3 rings (SSSR count). The van der Waals surface area contributed by atoms with Gasteiger partial charge in [0, 0.05) is 24.4 Å². The molecule has 1 fully saturated rings. The van der Waals surface area contributed by atoms with Gasteiger partial charge in [-0.1, -0.05) is 12.1 Å². The molecule has 1 atom stereocenters. The summed E-state index contributed by atoms with van der Waals surface area (Å²) < 4.78 is 0. The van der Waals surface area contributed by atoms with Crippen LogP contribution in [0.15, 0.2) is 29.2 Å². The third kappa shape index (κ3) is 3.39. The normalized spacial score (nSPS) is 20.0. The molecule has 24 heavy (non-hydrogen) atoms. The second-order valence-corrected chi connectivity index (χ2v) is 7.07. The predicted octanol–water partition coefficient (Wildman–Crippen LogP) is 1.01. The Morgan fingerprint density at radius 3 is 2.67 bits per heavy atom. The summed E-state index contributed by atoms with van der Waals surface area (Å²) in [6, 6.07) is 7.34. The number of hydroxylamine groups is 1. The number of hydrogen-bond donors (Lipinski definition) is 2. The Balaban J connectivity index is 1.83. The summed E-state index contributed by atoms with van der Waals surface area (Å²) in [5, 5.41) is 8.05. The summed E-state index contributed by atoms with van der Waals surface area (Å²) in [7, 11) is 0. The number of rotatable bonds is 4. The first-order chi connectivity index (χ1) is 11.6. The van der Waals surface area contributed by atoms with Gasteiger partial charge in [-0.2, -0.15) is 0 Å². The Bertz CT molecular complexity index is 660. The second-order valence-electron chi connectivity index (χ2n) is 5.83. The van der Waals surface area contributed by atoms with Crippen LogP contribution in [-0.2, 0) is 14.4 Å². The number of nitrogens with zero attached hydrogens (tertiary/aromatic N) is 2. The molecule has 1 unspecified atom stereocenters. The summed E-state index contributed by atoms with van der Waals surface area (Å²) in [6.07, 6.45) is 1.85. The van der Waals surface area contributed by atoms with Crippen LogP contribution in [0.2, 0.25) is 0 Å². The minimum Gasteiger partial charge on any atom is -0.341 e. The van der Waals surface area contributed by atoms with Crippen LogP contribution in [0.25, 0.3) is 0 Å². The quantitative estimate of drug-likeness (QED) is 0.625. The highest BCUT2D eigenvalue weighted by Gasteiger charge is 2.36. The number of anilines is 1. The number of amides is 3. The van der Waals surface area contributed by atoms with Gasteiger partial charge < -0.3 is 9.80 Å². The molecule has 128 valence electrons. The third-order valence-corrected chi connectivity index (χ3v) is 5.47. The van der Waals surface area contributed by atoms with Crippen molar-refractivity contribution in [3.63, 3.8) is 0 Å². The van der Waals surface area contributed by atoms with Gasteiger partial charge in [-0.05, 0) is 25.0 Å². The van der Waals surface area contributed by atoms with E-state index < -0.39 is 11.2 Å². The summed E-state index contributed by atoms with van der Waals surface area (Å²) in [6.45, 7) is 1.44. The average Bonchev–Trinajstić information content (AvgIpc) is 3.13. The Morgan fingerprint density at radius 1 is 1.25 bits per heavy atom. The van der Waals surface area contributed by atoms with Crippen LogP contribution in [0, 0.1) is 0 Å². The molecule has 8 heteroatoms. The highest BCUT2D eigenvalue weighted by Crippen LogP contribution is 2.40. The molecule has 0 aromatic heterocycles. The molecule has 1 saturated heterocycles. The summed E-state index contributed by atoms with van der Waals surface area (Å²) in [5.41, 5.74) is 2.25. The van der Waals surface area contributed by atoms with Crippen molar-refractivity contribution in [1.29, 1.82) is 0 Å². The highest BCUT2D eigenvalue weighted by atomic mass is 32.2. The minimum absolute atomic E-state index is 0.0202. The first-order valence-corrected chi connectivity index (χ1v) is 8.76. The van der Waals surface area contributed by atoms with Crippen molar-refractivity contribution in [2.75, 3.05) is 24.5 Å². The number of benzene rings is 1. The Morgan fingerprint density at radius 2 is 1.96 bits per heavy atom. The largest absolute Gasteiger partial charge is 0.341 e. The Labute approximate surface area is 143 Å². The molecule has 0 aliphatic carbocycles. The van der Waals surface area contributed by atoms with Gasteiger partial charge in [-0.3, -0.25) is 19.6 Å². The van der Waals surface area contributed by atoms with Gasteiger partial charge in [-0.25, -0.2) is 5.48 Å². The lowest BCUT2D eigenvalue weighted by Crippen LogP contribution is -2.48. The van der Waals surface area contributed by atoms with Crippen molar-refractivity contribution in [2.45, 2.75) is 29.4 Å². The van der Waals surface area contributed by atoms with Crippen molar-refractivity contribution in [3.8, 4) is 0 Å². The smallest absolute Gasteiger partial charge is 0.244 e. The minimum atomic E-state index is -0.654. The van der Waals surface area contributed by atoms with Crippen LogP contribution in [0.4, 0.5) is 5.69 Å². The number of thioether (sulfide) groups is 1. The van der Waals surface area contributed by atoms with E-state index in [4.69, 9.17) is 5.21 Å². The number of likely N-dealkylation sites (tertiary alicyclic amines) is 1. The van der Waals surface area contributed by atoms with E-state index in [1.165, 1.54) is 16.7 Å². The molecule has 0 saturated carbocycles. The van der Waals surface area contributed by atoms with Crippen molar-refractivity contribution < 1.29 is 19.6 Å². The second kappa shape index (κ2) is 7.23. The van der Waals surface area contributed by atoms with E-state index in [1.54, 1.807) is 16.4 Å². The SMILES string of the molecule is O=C(CC1Sc2ccccc2N(CC(=O)N2CCCC2)C1=O)NO. The number of carbonyl (C=O) groups is 3. The fourth-order valence-corrected chi connectivity index (χ4v) is 4.21. The molecule has 3 amide bonds. The third-order valence-electron chi connectivity index (χ3n) is 4.21. The van der Waals surface area contributed by atoms with Crippen molar-refractivity contribution in [2.24, 2.45) is 0 Å². The molecule has 2 N–H and O–H groups in total. The monoisotopic (exact) mass is 349 g/mol. The maximum atomic E-state index is 12.8. The van der Waals surface area contributed by atoms with E-state index in [9.17, 15) is 14.4 Å². The van der Waals surface area contributed by atoms with Crippen LogP contribution >= 0.6 is 11.8 Å². The van der Waals surface area contributed by atoms with Crippen LogP contribution < -0.4 is 10.4 Å². The number of nitrogens with one attached hydrogen (secondary N) is 1. The molecule has 2 aliphatic heterocycles. The Hall–Kier alpha value is -2.06. The van der Waals surface area contributed by atoms with Gasteiger partial charge in [-0.15, -0.1) is 11.8 Å². The topological polar surface area (TPSA) is 90.0 Å². The van der Waals surface area contributed by atoms with Gasteiger partial charge in [0.05, 0.1) is 10.9 Å². The van der Waals surface area contributed by atoms with E-state index >= 15 is 0 Å². The van der Waals surface area contributed by atoms with E-state index in [0.29, 0.717) is 5.69 Å². The number of carbonyl (C=O) groups excluding carboxylic acids is 3. The van der Waals surface area contributed by atoms with Gasteiger partial charge in [0.1, 0.15) is 6.54 Å². The standard InChI is InChI=1S/C16H19N3O4S/c20-14(17-23)9-13-16(22)19(10-15(21)18-7-3-4-8-18)11-5-1-2-6-12(11)24-13/h1-2,5-6,13,23H,3-4,7-10H2,(H,17,20). The highest BCUT2D eigenvalue weighted by molar-refractivity contribution is 8.01. The molecule has 1 aromatic carbocycles. The van der Waals surface area contributed by atoms with Crippen molar-refractivity contribution in [1.82, 2.24) is 10.4 Å². The van der Waals surface area contributed by atoms with Gasteiger partial charge >= 0.3 is 0 Å². The van der Waals surface area contributed by atoms with E-state index in [1.807, 2.05) is 18.2 Å². The molecular formula is C16H19N3O4S. The molecule has 0 bridgehead atoms. The molecule has 0 radical (unpaired) electrons. The first-order valence-electron chi connectivity index (χ1n) is 7.88. The van der Waals surface area contributed by atoms with Crippen molar-refractivity contribution >= 4 is 35.2 Å². The van der Waals surface area contributed by atoms with E-state index in [-0.39, 0.29) is 24.8 Å². The van der Waals surface area contributed by atoms with E-state index in [2.05, 4.69) is 0 Å².